The van der Waals surface area contributed by atoms with Crippen molar-refractivity contribution in [2.75, 3.05) is 19.6 Å². The Morgan fingerprint density at radius 3 is 2.92 bits per heavy atom. The van der Waals surface area contributed by atoms with E-state index in [9.17, 15) is 5.11 Å². The highest BCUT2D eigenvalue weighted by Gasteiger charge is 2.43. The van der Waals surface area contributed by atoms with Gasteiger partial charge >= 0.3 is 0 Å². The maximum Gasteiger partial charge on any atom is 0.115 e. The van der Waals surface area contributed by atoms with Gasteiger partial charge in [0.15, 0.2) is 0 Å². The van der Waals surface area contributed by atoms with Crippen LogP contribution in [0.3, 0.4) is 0 Å². The zero-order valence-electron chi connectivity index (χ0n) is 15.1. The van der Waals surface area contributed by atoms with Gasteiger partial charge in [-0.1, -0.05) is 31.1 Å². The van der Waals surface area contributed by atoms with E-state index in [4.69, 9.17) is 0 Å². The molecule has 2 heteroatoms. The van der Waals surface area contributed by atoms with Gasteiger partial charge in [-0.15, -0.1) is 6.58 Å². The van der Waals surface area contributed by atoms with Gasteiger partial charge in [0.05, 0.1) is 0 Å². The highest BCUT2D eigenvalue weighted by molar-refractivity contribution is 5.34. The van der Waals surface area contributed by atoms with Crippen molar-refractivity contribution in [1.82, 2.24) is 4.90 Å². The Bertz CT molecular complexity index is 541. The van der Waals surface area contributed by atoms with Crippen molar-refractivity contribution in [2.24, 2.45) is 5.92 Å². The largest absolute Gasteiger partial charge is 0.508 e. The van der Waals surface area contributed by atoms with Crippen LogP contribution in [0.15, 0.2) is 36.9 Å². The Morgan fingerprint density at radius 1 is 1.17 bits per heavy atom. The van der Waals surface area contributed by atoms with Crippen LogP contribution >= 0.6 is 0 Å². The Labute approximate surface area is 147 Å². The van der Waals surface area contributed by atoms with Crippen LogP contribution in [0.1, 0.15) is 63.4 Å². The Kier molecular flexibility index (Phi) is 5.99. The molecule has 1 heterocycles. The van der Waals surface area contributed by atoms with Crippen molar-refractivity contribution in [3.63, 3.8) is 0 Å². The van der Waals surface area contributed by atoms with E-state index in [-0.39, 0.29) is 0 Å². The van der Waals surface area contributed by atoms with E-state index in [0.29, 0.717) is 11.2 Å². The number of unbranched alkanes of at least 4 members (excludes halogenated alkanes) is 2. The van der Waals surface area contributed by atoms with Crippen LogP contribution in [0.25, 0.3) is 0 Å². The lowest BCUT2D eigenvalue weighted by Crippen LogP contribution is -2.38. The van der Waals surface area contributed by atoms with Crippen molar-refractivity contribution in [3.8, 4) is 5.75 Å². The van der Waals surface area contributed by atoms with E-state index < -0.39 is 0 Å². The summed E-state index contributed by atoms with van der Waals surface area (Å²) >= 11 is 0. The number of nitrogens with zero attached hydrogens (tertiary/aromatic N) is 1. The Hall–Kier alpha value is -1.28. The standard InChI is InChI=1S/C22H33NO/c1-2-3-4-7-15-23-16-12-19-9-5-6-13-22(19,14-17-23)20-10-8-11-21(24)18-20/h2,8,10-11,18-19,24H,1,3-7,9,12-17H2. The van der Waals surface area contributed by atoms with E-state index in [0.717, 1.165) is 12.3 Å². The van der Waals surface area contributed by atoms with E-state index in [1.54, 1.807) is 6.07 Å². The summed E-state index contributed by atoms with van der Waals surface area (Å²) in [6.45, 7) is 7.52. The minimum absolute atomic E-state index is 0.298. The van der Waals surface area contributed by atoms with Gasteiger partial charge in [0.1, 0.15) is 5.75 Å². The number of allylic oxidation sites excluding steroid dienone is 1. The van der Waals surface area contributed by atoms with Crippen LogP contribution in [0, 0.1) is 5.92 Å². The van der Waals surface area contributed by atoms with Gasteiger partial charge in [-0.05, 0) is 93.6 Å². The van der Waals surface area contributed by atoms with Gasteiger partial charge in [-0.2, -0.15) is 0 Å². The molecule has 2 aliphatic rings. The molecule has 0 bridgehead atoms. The summed E-state index contributed by atoms with van der Waals surface area (Å²) in [5.74, 6) is 1.21. The molecule has 1 aliphatic carbocycles. The van der Waals surface area contributed by atoms with Crippen LogP contribution in [0.2, 0.25) is 0 Å². The quantitative estimate of drug-likeness (QED) is 0.568. The molecule has 1 aromatic carbocycles. The van der Waals surface area contributed by atoms with Crippen LogP contribution in [0.4, 0.5) is 0 Å². The molecule has 1 saturated carbocycles. The first-order valence-electron chi connectivity index (χ1n) is 9.87. The van der Waals surface area contributed by atoms with Gasteiger partial charge in [0.25, 0.3) is 0 Å². The average Bonchev–Trinajstić information content (AvgIpc) is 2.79. The van der Waals surface area contributed by atoms with Crippen molar-refractivity contribution < 1.29 is 5.11 Å². The molecule has 3 rings (SSSR count). The second-order valence-corrected chi connectivity index (χ2v) is 7.81. The number of phenolic OH excluding ortho intramolecular Hbond substituents is 1. The average molecular weight is 328 g/mol. The van der Waals surface area contributed by atoms with E-state index >= 15 is 0 Å². The van der Waals surface area contributed by atoms with E-state index in [1.807, 2.05) is 18.2 Å². The highest BCUT2D eigenvalue weighted by atomic mass is 16.3. The number of hydrogen-bond donors (Lipinski definition) is 1. The van der Waals surface area contributed by atoms with Crippen molar-refractivity contribution in [2.45, 2.75) is 63.2 Å². The molecule has 2 nitrogen and oxygen atoms in total. The third kappa shape index (κ3) is 3.85. The molecule has 2 atom stereocenters. The van der Waals surface area contributed by atoms with E-state index in [2.05, 4.69) is 17.5 Å². The maximum atomic E-state index is 10.0. The first-order chi connectivity index (χ1) is 11.7. The summed E-state index contributed by atoms with van der Waals surface area (Å²) in [4.78, 5) is 2.69. The minimum atomic E-state index is 0.298. The minimum Gasteiger partial charge on any atom is -0.508 e. The smallest absolute Gasteiger partial charge is 0.115 e. The molecular formula is C22H33NO. The molecule has 24 heavy (non-hydrogen) atoms. The summed E-state index contributed by atoms with van der Waals surface area (Å²) in [5, 5.41) is 10.0. The molecule has 1 aliphatic heterocycles. The van der Waals surface area contributed by atoms with E-state index in [1.165, 1.54) is 76.6 Å². The highest BCUT2D eigenvalue weighted by Crippen LogP contribution is 2.49. The third-order valence-electron chi connectivity index (χ3n) is 6.43. The van der Waals surface area contributed by atoms with Crippen molar-refractivity contribution >= 4 is 0 Å². The molecule has 1 N–H and O–H groups in total. The van der Waals surface area contributed by atoms with Crippen LogP contribution in [-0.2, 0) is 5.41 Å². The lowest BCUT2D eigenvalue weighted by molar-refractivity contribution is 0.176. The molecule has 0 radical (unpaired) electrons. The Morgan fingerprint density at radius 2 is 2.08 bits per heavy atom. The molecule has 1 saturated heterocycles. The Balaban J connectivity index is 1.73. The second-order valence-electron chi connectivity index (χ2n) is 7.81. The zero-order valence-corrected chi connectivity index (χ0v) is 15.1. The molecule has 0 amide bonds. The summed E-state index contributed by atoms with van der Waals surface area (Å²) in [5.41, 5.74) is 1.69. The van der Waals surface area contributed by atoms with Crippen LogP contribution in [0.5, 0.6) is 5.75 Å². The first kappa shape index (κ1) is 17.5. The molecular weight excluding hydrogens is 294 g/mol. The fourth-order valence-electron chi connectivity index (χ4n) is 5.06. The molecule has 2 unspecified atom stereocenters. The number of likely N-dealkylation sites (tertiary alicyclic amines) is 1. The topological polar surface area (TPSA) is 23.5 Å². The number of hydrogen-bond acceptors (Lipinski definition) is 2. The molecule has 1 aromatic rings. The number of phenols is 1. The summed E-state index contributed by atoms with van der Waals surface area (Å²) in [7, 11) is 0. The third-order valence-corrected chi connectivity index (χ3v) is 6.43. The SMILES string of the molecule is C=CCCCCN1CCC2CCCCC2(c2cccc(O)c2)CC1. The van der Waals surface area contributed by atoms with Gasteiger partial charge in [-0.3, -0.25) is 0 Å². The van der Waals surface area contributed by atoms with Gasteiger partial charge in [0.2, 0.25) is 0 Å². The molecule has 132 valence electrons. The van der Waals surface area contributed by atoms with Gasteiger partial charge in [-0.25, -0.2) is 0 Å². The second kappa shape index (κ2) is 8.20. The summed E-state index contributed by atoms with van der Waals surface area (Å²) < 4.78 is 0. The summed E-state index contributed by atoms with van der Waals surface area (Å²) in [6, 6.07) is 8.14. The zero-order chi connectivity index (χ0) is 16.8. The molecule has 2 fully saturated rings. The molecule has 0 spiro atoms. The van der Waals surface area contributed by atoms with Crippen LogP contribution in [-0.4, -0.2) is 29.6 Å². The lowest BCUT2D eigenvalue weighted by Gasteiger charge is -2.44. The van der Waals surface area contributed by atoms with Gasteiger partial charge < -0.3 is 10.0 Å². The van der Waals surface area contributed by atoms with Crippen LogP contribution < -0.4 is 0 Å². The first-order valence-corrected chi connectivity index (χ1v) is 9.87. The number of benzene rings is 1. The fourth-order valence-corrected chi connectivity index (χ4v) is 5.06. The molecule has 0 aromatic heterocycles. The predicted molar refractivity (Wildman–Crippen MR) is 101 cm³/mol. The summed E-state index contributed by atoms with van der Waals surface area (Å²) in [6.07, 6.45) is 13.7. The number of rotatable bonds is 6. The van der Waals surface area contributed by atoms with Crippen molar-refractivity contribution in [3.05, 3.63) is 42.5 Å². The van der Waals surface area contributed by atoms with Gasteiger partial charge in [0, 0.05) is 0 Å². The van der Waals surface area contributed by atoms with Crippen molar-refractivity contribution in [1.29, 1.82) is 0 Å². The lowest BCUT2D eigenvalue weighted by atomic mass is 9.60. The number of aromatic hydroxyl groups is 1. The number of fused-ring (bicyclic) bond motifs is 1. The predicted octanol–water partition coefficient (Wildman–Crippen LogP) is 5.27. The fraction of sp³-hybridized carbons (Fsp3) is 0.636. The monoisotopic (exact) mass is 327 g/mol. The maximum absolute atomic E-state index is 10.0. The normalized spacial score (nSPS) is 28.1.